The molecule has 0 aromatic carbocycles. The SMILES string of the molecule is C=C(CCCCCCCCCC)CC(CCCCCCCCCC)CCCCCCCCCCCC.CCCCCCCCCC/C=C/C(C)(CCCCCCCCCC)CCCCCCCCCCCC.CCCCCCCCCCCCC(C)(CCCCCCCCCC)CCCCCCCCCCCC.CCCCCCCCCCCCC(CCCCCCCCCC)CC(C)CCCCCCCCCC.[HH].[HH]. The lowest BCUT2D eigenvalue weighted by atomic mass is 9.75. The Morgan fingerprint density at radius 3 is 0.556 bits per heavy atom. The number of rotatable bonds is 123. The van der Waals surface area contributed by atoms with E-state index in [1.165, 1.54) is 770 Å². The zero-order valence-electron chi connectivity index (χ0n) is 105. The maximum absolute atomic E-state index is 4.54. The first-order chi connectivity index (χ1) is 70.8. The summed E-state index contributed by atoms with van der Waals surface area (Å²) in [6.07, 6.45) is 179. The van der Waals surface area contributed by atoms with E-state index in [-0.39, 0.29) is 2.85 Å². The Hall–Kier alpha value is -0.520. The highest BCUT2D eigenvalue weighted by Gasteiger charge is 2.24. The Balaban J connectivity index is -0.000000445. The Bertz CT molecular complexity index is 2180. The summed E-state index contributed by atoms with van der Waals surface area (Å²) in [5.74, 6) is 2.89. The van der Waals surface area contributed by atoms with Gasteiger partial charge in [0.15, 0.2) is 0 Å². The van der Waals surface area contributed by atoms with Crippen LogP contribution in [-0.2, 0) is 0 Å². The van der Waals surface area contributed by atoms with Gasteiger partial charge in [-0.15, -0.1) is 0 Å². The van der Waals surface area contributed by atoms with Gasteiger partial charge in [-0.1, -0.05) is 828 Å². The minimum atomic E-state index is 0. The lowest BCUT2D eigenvalue weighted by molar-refractivity contribution is 0.222. The molecule has 872 valence electrons. The molecule has 0 N–H and O–H groups in total. The molecule has 0 saturated heterocycles. The third-order valence-corrected chi connectivity index (χ3v) is 34.5. The van der Waals surface area contributed by atoms with Crippen LogP contribution < -0.4 is 0 Å². The molecule has 0 spiro atoms. The van der Waals surface area contributed by atoms with Gasteiger partial charge in [0.05, 0.1) is 0 Å². The molecule has 0 aromatic rings. The van der Waals surface area contributed by atoms with Crippen molar-refractivity contribution in [2.24, 2.45) is 28.6 Å². The quantitative estimate of drug-likeness (QED) is 0.0421. The van der Waals surface area contributed by atoms with Crippen molar-refractivity contribution in [3.8, 4) is 0 Å². The van der Waals surface area contributed by atoms with Crippen LogP contribution in [0.5, 0.6) is 0 Å². The molecule has 0 fully saturated rings. The molecule has 0 heterocycles. The lowest BCUT2D eigenvalue weighted by Gasteiger charge is -2.30. The summed E-state index contributed by atoms with van der Waals surface area (Å²) in [4.78, 5) is 0. The minimum absolute atomic E-state index is 0. The van der Waals surface area contributed by atoms with Gasteiger partial charge in [-0.05, 0) is 99.2 Å². The molecule has 0 aliphatic carbocycles. The molecule has 0 heteroatoms. The van der Waals surface area contributed by atoms with E-state index < -0.39 is 0 Å². The zero-order chi connectivity index (χ0) is 106. The molecule has 0 radical (unpaired) electrons. The molecule has 0 nitrogen and oxygen atoms in total. The summed E-state index contributed by atoms with van der Waals surface area (Å²) in [5.41, 5.74) is 2.64. The van der Waals surface area contributed by atoms with E-state index in [0.717, 1.165) is 17.8 Å². The van der Waals surface area contributed by atoms with Crippen LogP contribution in [0.25, 0.3) is 0 Å². The van der Waals surface area contributed by atoms with Crippen molar-refractivity contribution in [2.75, 3.05) is 0 Å². The second-order valence-electron chi connectivity index (χ2n) is 50.4. The second kappa shape index (κ2) is 135. The summed E-state index contributed by atoms with van der Waals surface area (Å²) >= 11 is 0. The van der Waals surface area contributed by atoms with Crippen molar-refractivity contribution >= 4 is 0 Å². The molecule has 0 aromatic heterocycles. The Morgan fingerprint density at radius 1 is 0.188 bits per heavy atom. The summed E-state index contributed by atoms with van der Waals surface area (Å²) in [7, 11) is 0. The van der Waals surface area contributed by atoms with E-state index in [9.17, 15) is 0 Å². The first-order valence-electron chi connectivity index (χ1n) is 70.2. The number of unbranched alkanes of at least 4 members (excludes halogenated alkanes) is 95. The van der Waals surface area contributed by atoms with E-state index >= 15 is 0 Å². The van der Waals surface area contributed by atoms with Gasteiger partial charge in [-0.25, -0.2) is 0 Å². The fourth-order valence-corrected chi connectivity index (χ4v) is 23.9. The average Bonchev–Trinajstić information content (AvgIpc) is 0.902. The normalized spacial score (nSPS) is 12.8. The fourth-order valence-electron chi connectivity index (χ4n) is 23.9. The molecule has 0 bridgehead atoms. The molecule has 0 amide bonds. The van der Waals surface area contributed by atoms with Gasteiger partial charge in [0, 0.05) is 2.85 Å². The molecular weight excluding hydrogens is 1730 g/mol. The Morgan fingerprint density at radius 2 is 0.347 bits per heavy atom. The standard InChI is InChI=1S/C36H74.C36H72.C36H74.C36H72.2H2/c2*1-5-8-11-14-17-20-21-24-27-30-33-36(32-29-26-23-19-16-13-10-7-3)34-35(4)31-28-25-22-18-15-12-9-6-2;2*1-5-8-11-14-17-20-22-25-28-31-34-36(4,33-30-27-24-19-16-13-10-7-3)35-32-29-26-23-21-18-15-12-9-6-2;;/h35-36H,5-34H2,1-4H3;36H,4-34H2,1-3H3;5-35H2,1-4H3;31,34H,5-30,32-33,35H2,1-4H3;2*1H/b;;;34-31+;;. The predicted molar refractivity (Wildman–Crippen MR) is 677 cm³/mol. The largest absolute Gasteiger partial charge is 0.0999 e. The minimum Gasteiger partial charge on any atom is -0.0999 e. The number of allylic oxidation sites excluding steroid dienone is 3. The van der Waals surface area contributed by atoms with Crippen LogP contribution in [0.4, 0.5) is 0 Å². The molecule has 0 saturated carbocycles. The Kier molecular flexibility index (Phi) is 140. The highest BCUT2D eigenvalue weighted by Crippen LogP contribution is 2.39. The van der Waals surface area contributed by atoms with Crippen LogP contribution in [0.1, 0.15) is 877 Å². The topological polar surface area (TPSA) is 0 Å². The molecule has 4 unspecified atom stereocenters. The maximum Gasteiger partial charge on any atom is 0 e. The summed E-state index contributed by atoms with van der Waals surface area (Å²) in [5, 5.41) is 0. The highest BCUT2D eigenvalue weighted by atomic mass is 14.3. The van der Waals surface area contributed by atoms with Crippen LogP contribution in [0.2, 0.25) is 0 Å². The van der Waals surface area contributed by atoms with Crippen LogP contribution in [0.3, 0.4) is 0 Å². The zero-order valence-corrected chi connectivity index (χ0v) is 105. The van der Waals surface area contributed by atoms with Crippen LogP contribution in [0, 0.1) is 28.6 Å². The van der Waals surface area contributed by atoms with Crippen LogP contribution in [0.15, 0.2) is 24.3 Å². The van der Waals surface area contributed by atoms with Crippen LogP contribution in [-0.4, -0.2) is 0 Å². The van der Waals surface area contributed by atoms with Gasteiger partial charge in [-0.2, -0.15) is 0 Å². The molecule has 4 atom stereocenters. The summed E-state index contributed by atoms with van der Waals surface area (Å²) < 4.78 is 0. The van der Waals surface area contributed by atoms with Gasteiger partial charge in [0.2, 0.25) is 0 Å². The summed E-state index contributed by atoms with van der Waals surface area (Å²) in [6.45, 7) is 40.1. The number of hydrogen-bond acceptors (Lipinski definition) is 0. The first-order valence-corrected chi connectivity index (χ1v) is 70.2. The van der Waals surface area contributed by atoms with E-state index in [4.69, 9.17) is 0 Å². The molecular formula is C144H296. The van der Waals surface area contributed by atoms with Crippen molar-refractivity contribution in [1.82, 2.24) is 0 Å². The van der Waals surface area contributed by atoms with Crippen molar-refractivity contribution in [3.05, 3.63) is 24.3 Å². The molecule has 0 rings (SSSR count). The van der Waals surface area contributed by atoms with E-state index in [2.05, 4.69) is 123 Å². The highest BCUT2D eigenvalue weighted by molar-refractivity contribution is 4.98. The predicted octanol–water partition coefficient (Wildman–Crippen LogP) is 56.5. The van der Waals surface area contributed by atoms with Gasteiger partial charge in [-0.3, -0.25) is 0 Å². The van der Waals surface area contributed by atoms with E-state index in [1.807, 2.05) is 0 Å². The van der Waals surface area contributed by atoms with E-state index in [0.29, 0.717) is 10.8 Å². The third kappa shape index (κ3) is 132. The van der Waals surface area contributed by atoms with Crippen molar-refractivity contribution < 1.29 is 2.85 Å². The van der Waals surface area contributed by atoms with Gasteiger partial charge in [0.1, 0.15) is 0 Å². The molecule has 144 heavy (non-hydrogen) atoms. The molecule has 0 aliphatic rings. The maximum atomic E-state index is 4.54. The van der Waals surface area contributed by atoms with Gasteiger partial charge < -0.3 is 0 Å². The van der Waals surface area contributed by atoms with Gasteiger partial charge >= 0.3 is 0 Å². The number of hydrogen-bond donors (Lipinski definition) is 0. The third-order valence-electron chi connectivity index (χ3n) is 34.5. The lowest BCUT2D eigenvalue weighted by Crippen LogP contribution is -2.16. The van der Waals surface area contributed by atoms with Crippen molar-refractivity contribution in [2.45, 2.75) is 874 Å². The summed E-state index contributed by atoms with van der Waals surface area (Å²) in [6, 6.07) is 0. The smallest absolute Gasteiger partial charge is 0 e. The van der Waals surface area contributed by atoms with Crippen LogP contribution >= 0.6 is 0 Å². The van der Waals surface area contributed by atoms with Gasteiger partial charge in [0.25, 0.3) is 0 Å². The van der Waals surface area contributed by atoms with Crippen molar-refractivity contribution in [1.29, 1.82) is 0 Å². The monoisotopic (exact) mass is 2030 g/mol. The Labute approximate surface area is 924 Å². The molecule has 0 aliphatic heterocycles. The van der Waals surface area contributed by atoms with Crippen molar-refractivity contribution in [3.63, 3.8) is 0 Å². The second-order valence-corrected chi connectivity index (χ2v) is 50.4. The fraction of sp³-hybridized carbons (Fsp3) is 0.972. The first kappa shape index (κ1) is 150. The average molecular weight is 2030 g/mol. The van der Waals surface area contributed by atoms with E-state index in [1.54, 1.807) is 5.57 Å².